The second-order valence-electron chi connectivity index (χ2n) is 20.3. The van der Waals surface area contributed by atoms with E-state index in [1.165, 1.54) is 186 Å². The number of hydrogen-bond acceptors (Lipinski definition) is 6. The van der Waals surface area contributed by atoms with Gasteiger partial charge in [-0.1, -0.05) is 243 Å². The van der Waals surface area contributed by atoms with E-state index in [9.17, 15) is 19.4 Å². The molecule has 2 N–H and O–H groups in total. The first kappa shape index (κ1) is 63.7. The Morgan fingerprint density at radius 2 is 0.892 bits per heavy atom. The molecule has 0 bridgehead atoms. The highest BCUT2D eigenvalue weighted by molar-refractivity contribution is 7.45. The van der Waals surface area contributed by atoms with Gasteiger partial charge < -0.3 is 28.8 Å². The van der Waals surface area contributed by atoms with Crippen LogP contribution in [0.5, 0.6) is 0 Å². The van der Waals surface area contributed by atoms with Gasteiger partial charge in [-0.25, -0.2) is 0 Å². The SMILES string of the molecule is CCCCCCC/C=C\C/C=C\C/C=C\CCCCCCCCCCCCC(=O)NC(COP(=O)([O-])OCC[N+](C)(C)C)C(O)CCCCCCCCCCCCCCCCCCCC. The monoisotopic (exact) mass is 937 g/mol. The van der Waals surface area contributed by atoms with Crippen LogP contribution in [-0.4, -0.2) is 68.5 Å². The fourth-order valence-electron chi connectivity index (χ4n) is 8.22. The molecule has 9 heteroatoms. The molecule has 0 aromatic rings. The lowest BCUT2D eigenvalue weighted by Crippen LogP contribution is -2.46. The van der Waals surface area contributed by atoms with Crippen LogP contribution in [0.1, 0.15) is 264 Å². The Hall–Kier alpha value is -1.28. The van der Waals surface area contributed by atoms with E-state index in [-0.39, 0.29) is 19.1 Å². The Bertz CT molecular complexity index is 1150. The van der Waals surface area contributed by atoms with Crippen molar-refractivity contribution in [2.24, 2.45) is 0 Å². The smallest absolute Gasteiger partial charge is 0.268 e. The maximum Gasteiger partial charge on any atom is 0.268 e. The Labute approximate surface area is 404 Å². The molecule has 0 aromatic carbocycles. The second-order valence-corrected chi connectivity index (χ2v) is 21.7. The largest absolute Gasteiger partial charge is 0.756 e. The van der Waals surface area contributed by atoms with Crippen molar-refractivity contribution in [1.29, 1.82) is 0 Å². The molecule has 0 aliphatic heterocycles. The van der Waals surface area contributed by atoms with Gasteiger partial charge in [-0.15, -0.1) is 0 Å². The first-order valence-corrected chi connectivity index (χ1v) is 29.3. The van der Waals surface area contributed by atoms with E-state index in [2.05, 4.69) is 55.6 Å². The summed E-state index contributed by atoms with van der Waals surface area (Å²) in [7, 11) is 1.31. The van der Waals surface area contributed by atoms with Crippen LogP contribution in [0.3, 0.4) is 0 Å². The van der Waals surface area contributed by atoms with Crippen molar-refractivity contribution in [2.75, 3.05) is 40.9 Å². The number of likely N-dealkylation sites (N-methyl/N-ethyl adjacent to an activating group) is 1. The van der Waals surface area contributed by atoms with Crippen LogP contribution < -0.4 is 10.2 Å². The summed E-state index contributed by atoms with van der Waals surface area (Å²) in [6, 6.07) is -0.803. The number of aliphatic hydroxyl groups is 1. The molecule has 0 aliphatic rings. The molecule has 8 nitrogen and oxygen atoms in total. The van der Waals surface area contributed by atoms with Gasteiger partial charge in [-0.05, 0) is 51.4 Å². The molecule has 0 rings (SSSR count). The van der Waals surface area contributed by atoms with E-state index in [0.717, 1.165) is 51.4 Å². The third-order valence-electron chi connectivity index (χ3n) is 12.6. The molecule has 0 radical (unpaired) electrons. The Kier molecular flexibility index (Phi) is 46.8. The molecular formula is C56H109N2O6P. The van der Waals surface area contributed by atoms with Crippen molar-refractivity contribution in [3.63, 3.8) is 0 Å². The highest BCUT2D eigenvalue weighted by atomic mass is 31.2. The number of phosphoric acid groups is 1. The zero-order chi connectivity index (χ0) is 47.8. The fourth-order valence-corrected chi connectivity index (χ4v) is 8.95. The number of hydrogen-bond donors (Lipinski definition) is 2. The van der Waals surface area contributed by atoms with Crippen molar-refractivity contribution >= 4 is 13.7 Å². The Morgan fingerprint density at radius 3 is 1.29 bits per heavy atom. The third-order valence-corrected chi connectivity index (χ3v) is 13.6. The van der Waals surface area contributed by atoms with Gasteiger partial charge in [0.05, 0.1) is 39.9 Å². The topological polar surface area (TPSA) is 108 Å². The lowest BCUT2D eigenvalue weighted by molar-refractivity contribution is -0.870. The number of amides is 1. The Morgan fingerprint density at radius 1 is 0.538 bits per heavy atom. The first-order valence-electron chi connectivity index (χ1n) is 27.8. The molecule has 0 aromatic heterocycles. The fraction of sp³-hybridized carbons (Fsp3) is 0.875. The summed E-state index contributed by atoms with van der Waals surface area (Å²) in [4.78, 5) is 25.5. The molecule has 3 atom stereocenters. The van der Waals surface area contributed by atoms with Gasteiger partial charge >= 0.3 is 0 Å². The van der Waals surface area contributed by atoms with Gasteiger partial charge in [0.2, 0.25) is 5.91 Å². The lowest BCUT2D eigenvalue weighted by atomic mass is 10.0. The molecule has 384 valence electrons. The third kappa shape index (κ3) is 50.4. The first-order chi connectivity index (χ1) is 31.5. The number of nitrogens with one attached hydrogen (secondary N) is 1. The summed E-state index contributed by atoms with van der Waals surface area (Å²) in [5, 5.41) is 14.0. The highest BCUT2D eigenvalue weighted by Crippen LogP contribution is 2.38. The van der Waals surface area contributed by atoms with Gasteiger partial charge in [0.25, 0.3) is 7.82 Å². The van der Waals surface area contributed by atoms with E-state index >= 15 is 0 Å². The number of carbonyl (C=O) groups is 1. The molecule has 0 saturated heterocycles. The second kappa shape index (κ2) is 47.8. The number of phosphoric ester groups is 1. The highest BCUT2D eigenvalue weighted by Gasteiger charge is 2.24. The van der Waals surface area contributed by atoms with Crippen molar-refractivity contribution in [3.05, 3.63) is 36.5 Å². The molecular weight excluding hydrogens is 828 g/mol. The van der Waals surface area contributed by atoms with Gasteiger partial charge in [-0.3, -0.25) is 9.36 Å². The minimum absolute atomic E-state index is 0.0115. The molecule has 65 heavy (non-hydrogen) atoms. The van der Waals surface area contributed by atoms with E-state index in [0.29, 0.717) is 23.9 Å². The zero-order valence-corrected chi connectivity index (χ0v) is 44.6. The Balaban J connectivity index is 4.20. The van der Waals surface area contributed by atoms with E-state index in [4.69, 9.17) is 9.05 Å². The van der Waals surface area contributed by atoms with Crippen molar-refractivity contribution in [3.8, 4) is 0 Å². The van der Waals surface area contributed by atoms with Gasteiger partial charge in [0.15, 0.2) is 0 Å². The number of aliphatic hydroxyl groups excluding tert-OH is 1. The molecule has 0 saturated carbocycles. The maximum atomic E-state index is 13.0. The van der Waals surface area contributed by atoms with Crippen LogP contribution in [0.4, 0.5) is 0 Å². The minimum atomic E-state index is -4.57. The van der Waals surface area contributed by atoms with Gasteiger partial charge in [0, 0.05) is 6.42 Å². The predicted molar refractivity (Wildman–Crippen MR) is 279 cm³/mol. The van der Waals surface area contributed by atoms with Crippen LogP contribution >= 0.6 is 7.82 Å². The van der Waals surface area contributed by atoms with E-state index < -0.39 is 20.0 Å². The minimum Gasteiger partial charge on any atom is -0.756 e. The van der Waals surface area contributed by atoms with Crippen LogP contribution in [0, 0.1) is 0 Å². The number of unbranched alkanes of at least 4 members (excludes halogenated alkanes) is 32. The van der Waals surface area contributed by atoms with Crippen molar-refractivity contribution < 1.29 is 32.9 Å². The summed E-state index contributed by atoms with van der Waals surface area (Å²) in [6.07, 6.45) is 60.2. The maximum absolute atomic E-state index is 13.0. The number of quaternary nitrogens is 1. The van der Waals surface area contributed by atoms with Crippen LogP contribution in [-0.2, 0) is 18.4 Å². The molecule has 0 heterocycles. The van der Waals surface area contributed by atoms with Gasteiger partial charge in [0.1, 0.15) is 13.2 Å². The van der Waals surface area contributed by atoms with E-state index in [1.54, 1.807) is 0 Å². The standard InChI is InChI=1S/C56H109N2O6P/c1-6-8-10-12-14-16-18-20-22-24-26-27-28-29-30-31-32-34-36-38-40-42-44-46-48-50-56(60)57-54(53-64-65(61,62)63-52-51-58(3,4)5)55(59)49-47-45-43-41-39-37-35-33-25-23-21-19-17-15-13-11-9-7-2/h18,20,24,26,28-29,54-55,59H,6-17,19,21-23,25,27,30-53H2,1-5H3,(H-,57,60,61,62)/b20-18-,26-24-,29-28-. The summed E-state index contributed by atoms with van der Waals surface area (Å²) in [5.74, 6) is -0.167. The summed E-state index contributed by atoms with van der Waals surface area (Å²) in [6.45, 7) is 4.73. The predicted octanol–water partition coefficient (Wildman–Crippen LogP) is 16.0. The lowest BCUT2D eigenvalue weighted by Gasteiger charge is -2.30. The van der Waals surface area contributed by atoms with Gasteiger partial charge in [-0.2, -0.15) is 0 Å². The zero-order valence-electron chi connectivity index (χ0n) is 43.7. The van der Waals surface area contributed by atoms with Crippen LogP contribution in [0.15, 0.2) is 36.5 Å². The normalized spacial score (nSPS) is 14.3. The number of carbonyl (C=O) groups excluding carboxylic acids is 1. The average molecular weight is 937 g/mol. The summed E-state index contributed by atoms with van der Waals surface area (Å²) >= 11 is 0. The molecule has 0 spiro atoms. The molecule has 1 amide bonds. The molecule has 0 aliphatic carbocycles. The van der Waals surface area contributed by atoms with Crippen molar-refractivity contribution in [2.45, 2.75) is 276 Å². The summed E-state index contributed by atoms with van der Waals surface area (Å²) in [5.41, 5.74) is 0. The number of allylic oxidation sites excluding steroid dienone is 6. The van der Waals surface area contributed by atoms with Crippen LogP contribution in [0.2, 0.25) is 0 Å². The number of nitrogens with zero attached hydrogens (tertiary/aromatic N) is 1. The number of rotatable bonds is 51. The van der Waals surface area contributed by atoms with Crippen LogP contribution in [0.25, 0.3) is 0 Å². The quantitative estimate of drug-likeness (QED) is 0.0272. The molecule has 0 fully saturated rings. The average Bonchev–Trinajstić information content (AvgIpc) is 3.26. The van der Waals surface area contributed by atoms with Crippen molar-refractivity contribution in [1.82, 2.24) is 5.32 Å². The molecule has 3 unspecified atom stereocenters. The summed E-state index contributed by atoms with van der Waals surface area (Å²) < 4.78 is 23.4. The van der Waals surface area contributed by atoms with E-state index in [1.807, 2.05) is 21.1 Å².